The van der Waals surface area contributed by atoms with Crippen molar-refractivity contribution in [3.8, 4) is 5.69 Å². The molecule has 9 heteroatoms. The van der Waals surface area contributed by atoms with Crippen molar-refractivity contribution >= 4 is 12.0 Å². The summed E-state index contributed by atoms with van der Waals surface area (Å²) in [6.45, 7) is 7.14. The second kappa shape index (κ2) is 7.87. The Labute approximate surface area is 162 Å². The SMILES string of the molecule is CC(C)(C)OC(=O)N1CCCN(C(=O)c2nn(-c3ccccc3)c(=O)[nH]2)CC1. The van der Waals surface area contributed by atoms with Crippen LogP contribution in [0.2, 0.25) is 0 Å². The van der Waals surface area contributed by atoms with Crippen LogP contribution in [0.15, 0.2) is 35.1 Å². The molecule has 0 unspecified atom stereocenters. The number of carbonyl (C=O) groups excluding carboxylic acids is 2. The standard InChI is InChI=1S/C19H25N5O4/c1-19(2,3)28-18(27)23-11-7-10-22(12-13-23)16(25)15-20-17(26)24(21-15)14-8-5-4-6-9-14/h4-6,8-9H,7,10-13H2,1-3H3,(H,20,21,26). The smallest absolute Gasteiger partial charge is 0.410 e. The molecule has 0 radical (unpaired) electrons. The molecule has 1 aliphatic heterocycles. The Morgan fingerprint density at radius 3 is 2.36 bits per heavy atom. The topological polar surface area (TPSA) is 101 Å². The van der Waals surface area contributed by atoms with Crippen molar-refractivity contribution in [2.24, 2.45) is 0 Å². The lowest BCUT2D eigenvalue weighted by atomic mass is 10.2. The van der Waals surface area contributed by atoms with E-state index in [4.69, 9.17) is 4.74 Å². The minimum absolute atomic E-state index is 0.0143. The minimum atomic E-state index is -0.567. The highest BCUT2D eigenvalue weighted by atomic mass is 16.6. The van der Waals surface area contributed by atoms with E-state index in [0.717, 1.165) is 4.68 Å². The first-order chi connectivity index (χ1) is 13.2. The molecular weight excluding hydrogens is 362 g/mol. The molecule has 1 fully saturated rings. The molecule has 2 heterocycles. The number of aromatic amines is 1. The zero-order valence-electron chi connectivity index (χ0n) is 16.3. The number of rotatable bonds is 2. The van der Waals surface area contributed by atoms with Gasteiger partial charge in [-0.15, -0.1) is 5.10 Å². The zero-order chi connectivity index (χ0) is 20.3. The summed E-state index contributed by atoms with van der Waals surface area (Å²) < 4.78 is 6.57. The van der Waals surface area contributed by atoms with Gasteiger partial charge in [-0.1, -0.05) is 18.2 Å². The summed E-state index contributed by atoms with van der Waals surface area (Å²) in [6, 6.07) is 8.89. The molecule has 1 N–H and O–H groups in total. The minimum Gasteiger partial charge on any atom is -0.444 e. The summed E-state index contributed by atoms with van der Waals surface area (Å²) in [5, 5.41) is 4.14. The predicted octanol–water partition coefficient (Wildman–Crippen LogP) is 1.64. The monoisotopic (exact) mass is 387 g/mol. The van der Waals surface area contributed by atoms with Gasteiger partial charge in [-0.05, 0) is 39.3 Å². The van der Waals surface area contributed by atoms with Gasteiger partial charge in [0.1, 0.15) is 5.60 Å². The molecule has 2 aromatic rings. The van der Waals surface area contributed by atoms with Crippen molar-refractivity contribution < 1.29 is 14.3 Å². The molecule has 1 aliphatic rings. The average molecular weight is 387 g/mol. The number of aromatic nitrogens is 3. The van der Waals surface area contributed by atoms with Gasteiger partial charge in [0.05, 0.1) is 5.69 Å². The van der Waals surface area contributed by atoms with Crippen molar-refractivity contribution in [3.05, 3.63) is 46.6 Å². The zero-order valence-corrected chi connectivity index (χ0v) is 16.3. The van der Waals surface area contributed by atoms with Crippen LogP contribution in [0.4, 0.5) is 4.79 Å². The van der Waals surface area contributed by atoms with Crippen LogP contribution < -0.4 is 5.69 Å². The van der Waals surface area contributed by atoms with Gasteiger partial charge in [0.25, 0.3) is 5.91 Å². The summed E-state index contributed by atoms with van der Waals surface area (Å²) in [7, 11) is 0. The van der Waals surface area contributed by atoms with Gasteiger partial charge in [-0.25, -0.2) is 9.59 Å². The Balaban J connectivity index is 1.69. The lowest BCUT2D eigenvalue weighted by Crippen LogP contribution is -2.40. The van der Waals surface area contributed by atoms with Crippen molar-refractivity contribution in [1.82, 2.24) is 24.6 Å². The number of hydrogen-bond donors (Lipinski definition) is 1. The van der Waals surface area contributed by atoms with Crippen LogP contribution in [-0.2, 0) is 4.74 Å². The van der Waals surface area contributed by atoms with Gasteiger partial charge in [0.2, 0.25) is 5.82 Å². The molecule has 3 rings (SSSR count). The van der Waals surface area contributed by atoms with E-state index in [-0.39, 0.29) is 17.8 Å². The molecule has 1 aromatic carbocycles. The second-order valence-electron chi connectivity index (χ2n) is 7.64. The molecule has 150 valence electrons. The van der Waals surface area contributed by atoms with Gasteiger partial charge in [-0.2, -0.15) is 4.68 Å². The fourth-order valence-electron chi connectivity index (χ4n) is 2.94. The van der Waals surface area contributed by atoms with Crippen LogP contribution in [0.5, 0.6) is 0 Å². The summed E-state index contributed by atoms with van der Waals surface area (Å²) in [6.07, 6.45) is 0.234. The van der Waals surface area contributed by atoms with E-state index in [1.165, 1.54) is 0 Å². The van der Waals surface area contributed by atoms with E-state index in [1.807, 2.05) is 26.8 Å². The third-order valence-electron chi connectivity index (χ3n) is 4.26. The molecule has 0 saturated carbocycles. The number of H-pyrrole nitrogens is 1. The Kier molecular flexibility index (Phi) is 5.53. The quantitative estimate of drug-likeness (QED) is 0.844. The predicted molar refractivity (Wildman–Crippen MR) is 103 cm³/mol. The van der Waals surface area contributed by atoms with Crippen LogP contribution in [0.1, 0.15) is 37.8 Å². The number of carbonyl (C=O) groups is 2. The lowest BCUT2D eigenvalue weighted by Gasteiger charge is -2.26. The summed E-state index contributed by atoms with van der Waals surface area (Å²) in [5.41, 5.74) is -0.461. The van der Waals surface area contributed by atoms with Crippen molar-refractivity contribution in [3.63, 3.8) is 0 Å². The fraction of sp³-hybridized carbons (Fsp3) is 0.474. The van der Waals surface area contributed by atoms with Gasteiger partial charge < -0.3 is 14.5 Å². The summed E-state index contributed by atoms with van der Waals surface area (Å²) >= 11 is 0. The highest BCUT2D eigenvalue weighted by molar-refractivity contribution is 5.90. The normalized spacial score (nSPS) is 15.2. The first-order valence-electron chi connectivity index (χ1n) is 9.26. The molecule has 1 saturated heterocycles. The van der Waals surface area contributed by atoms with Crippen molar-refractivity contribution in [2.75, 3.05) is 26.2 Å². The molecule has 0 bridgehead atoms. The average Bonchev–Trinajstić information content (AvgIpc) is 2.87. The highest BCUT2D eigenvalue weighted by Crippen LogP contribution is 2.13. The maximum Gasteiger partial charge on any atom is 0.410 e. The van der Waals surface area contributed by atoms with Crippen LogP contribution in [0.25, 0.3) is 5.69 Å². The molecule has 28 heavy (non-hydrogen) atoms. The first kappa shape index (κ1) is 19.7. The second-order valence-corrected chi connectivity index (χ2v) is 7.64. The molecule has 0 spiro atoms. The Morgan fingerprint density at radius 2 is 1.68 bits per heavy atom. The van der Waals surface area contributed by atoms with E-state index in [0.29, 0.717) is 38.3 Å². The number of amides is 2. The molecule has 9 nitrogen and oxygen atoms in total. The van der Waals surface area contributed by atoms with E-state index in [1.54, 1.807) is 34.1 Å². The molecule has 0 aliphatic carbocycles. The number of nitrogens with one attached hydrogen (secondary N) is 1. The van der Waals surface area contributed by atoms with Gasteiger partial charge in [0, 0.05) is 26.2 Å². The number of hydrogen-bond acceptors (Lipinski definition) is 5. The lowest BCUT2D eigenvalue weighted by molar-refractivity contribution is 0.0255. The Hall–Kier alpha value is -3.10. The van der Waals surface area contributed by atoms with Gasteiger partial charge in [-0.3, -0.25) is 9.78 Å². The fourth-order valence-corrected chi connectivity index (χ4v) is 2.94. The number of benzene rings is 1. The third-order valence-corrected chi connectivity index (χ3v) is 4.26. The van der Waals surface area contributed by atoms with Crippen LogP contribution in [-0.4, -0.2) is 68.3 Å². The van der Waals surface area contributed by atoms with E-state index in [2.05, 4.69) is 10.1 Å². The third kappa shape index (κ3) is 4.59. The molecule has 1 aromatic heterocycles. The van der Waals surface area contributed by atoms with Crippen LogP contribution >= 0.6 is 0 Å². The van der Waals surface area contributed by atoms with Crippen molar-refractivity contribution in [2.45, 2.75) is 32.8 Å². The van der Waals surface area contributed by atoms with E-state index >= 15 is 0 Å². The summed E-state index contributed by atoms with van der Waals surface area (Å²) in [4.78, 5) is 43.0. The molecular formula is C19H25N5O4. The van der Waals surface area contributed by atoms with Crippen LogP contribution in [0, 0.1) is 0 Å². The number of ether oxygens (including phenoxy) is 1. The highest BCUT2D eigenvalue weighted by Gasteiger charge is 2.27. The Morgan fingerprint density at radius 1 is 1.04 bits per heavy atom. The van der Waals surface area contributed by atoms with Gasteiger partial charge >= 0.3 is 11.8 Å². The van der Waals surface area contributed by atoms with Crippen molar-refractivity contribution in [1.29, 1.82) is 0 Å². The van der Waals surface area contributed by atoms with Crippen LogP contribution in [0.3, 0.4) is 0 Å². The maximum absolute atomic E-state index is 12.8. The maximum atomic E-state index is 12.8. The summed E-state index contributed by atoms with van der Waals surface area (Å²) in [5.74, 6) is -0.377. The first-order valence-corrected chi connectivity index (χ1v) is 9.26. The number of nitrogens with zero attached hydrogens (tertiary/aromatic N) is 4. The molecule has 0 atom stereocenters. The van der Waals surface area contributed by atoms with Gasteiger partial charge in [0.15, 0.2) is 0 Å². The van der Waals surface area contributed by atoms with E-state index in [9.17, 15) is 14.4 Å². The number of para-hydroxylation sites is 1. The van der Waals surface area contributed by atoms with E-state index < -0.39 is 11.3 Å². The Bertz CT molecular complexity index is 897. The molecule has 2 amide bonds. The largest absolute Gasteiger partial charge is 0.444 e.